The highest BCUT2D eigenvalue weighted by atomic mass is 35.5. The second-order valence-electron chi connectivity index (χ2n) is 8.31. The van der Waals surface area contributed by atoms with E-state index in [1.165, 1.54) is 35.0 Å². The van der Waals surface area contributed by atoms with Crippen LogP contribution in [0.15, 0.2) is 99.0 Å². The van der Waals surface area contributed by atoms with Crippen molar-refractivity contribution >= 4 is 38.6 Å². The Morgan fingerprint density at radius 1 is 0.949 bits per heavy atom. The van der Waals surface area contributed by atoms with Gasteiger partial charge in [-0.1, -0.05) is 23.7 Å². The SMILES string of the molecule is NS(=O)(=O)c1ccc(-n2nc(C(=O)OCCOc3ccc4ccc(=O)oc4c3)cc2-c2ccc(Cl)cc2)cc1. The summed E-state index contributed by atoms with van der Waals surface area (Å²) in [4.78, 5) is 24.2. The second kappa shape index (κ2) is 10.7. The van der Waals surface area contributed by atoms with Gasteiger partial charge in [-0.15, -0.1) is 0 Å². The summed E-state index contributed by atoms with van der Waals surface area (Å²) >= 11 is 6.03. The Morgan fingerprint density at radius 2 is 1.67 bits per heavy atom. The number of primary sulfonamides is 1. The van der Waals surface area contributed by atoms with E-state index in [0.29, 0.717) is 33.3 Å². The van der Waals surface area contributed by atoms with Crippen molar-refractivity contribution in [2.45, 2.75) is 4.90 Å². The summed E-state index contributed by atoms with van der Waals surface area (Å²) in [7, 11) is -3.87. The van der Waals surface area contributed by atoms with E-state index < -0.39 is 21.6 Å². The monoisotopic (exact) mass is 565 g/mol. The molecule has 3 aromatic carbocycles. The van der Waals surface area contributed by atoms with Crippen molar-refractivity contribution in [3.8, 4) is 22.7 Å². The number of esters is 1. The maximum atomic E-state index is 12.8. The molecule has 198 valence electrons. The summed E-state index contributed by atoms with van der Waals surface area (Å²) in [5.74, 6) is -0.233. The number of nitrogens with zero attached hydrogens (tertiary/aromatic N) is 2. The molecule has 0 aliphatic rings. The summed E-state index contributed by atoms with van der Waals surface area (Å²) < 4.78 is 40.9. The van der Waals surface area contributed by atoms with Crippen molar-refractivity contribution in [1.82, 2.24) is 9.78 Å². The lowest BCUT2D eigenvalue weighted by Crippen LogP contribution is -2.13. The van der Waals surface area contributed by atoms with E-state index >= 15 is 0 Å². The van der Waals surface area contributed by atoms with Gasteiger partial charge >= 0.3 is 11.6 Å². The Morgan fingerprint density at radius 3 is 2.38 bits per heavy atom. The molecule has 12 heteroatoms. The molecule has 0 aliphatic carbocycles. The molecular formula is C27H20ClN3O7S. The number of hydrogen-bond acceptors (Lipinski definition) is 8. The van der Waals surface area contributed by atoms with E-state index in [4.69, 9.17) is 30.6 Å². The molecule has 0 saturated carbocycles. The van der Waals surface area contributed by atoms with Crippen molar-refractivity contribution in [1.29, 1.82) is 0 Å². The fourth-order valence-corrected chi connectivity index (χ4v) is 4.42. The van der Waals surface area contributed by atoms with Crippen LogP contribution in [0.2, 0.25) is 5.02 Å². The minimum Gasteiger partial charge on any atom is -0.490 e. The molecule has 0 atom stereocenters. The van der Waals surface area contributed by atoms with Gasteiger partial charge in [0.1, 0.15) is 24.5 Å². The van der Waals surface area contributed by atoms with Gasteiger partial charge in [0.15, 0.2) is 5.69 Å². The Hall–Kier alpha value is -4.45. The van der Waals surface area contributed by atoms with Crippen LogP contribution in [-0.2, 0) is 14.8 Å². The number of ether oxygens (including phenoxy) is 2. The van der Waals surface area contributed by atoms with Gasteiger partial charge in [0.25, 0.3) is 0 Å². The van der Waals surface area contributed by atoms with Crippen LogP contribution in [-0.4, -0.2) is 37.4 Å². The van der Waals surface area contributed by atoms with Crippen molar-refractivity contribution in [2.75, 3.05) is 13.2 Å². The first-order chi connectivity index (χ1) is 18.7. The molecule has 0 spiro atoms. The van der Waals surface area contributed by atoms with Crippen molar-refractivity contribution in [2.24, 2.45) is 5.14 Å². The maximum Gasteiger partial charge on any atom is 0.358 e. The molecule has 0 saturated heterocycles. The third kappa shape index (κ3) is 6.01. The standard InChI is InChI=1S/C27H20ClN3O7S/c28-19-5-1-17(2-6-19)24-16-23(30-31(24)20-7-10-22(11-8-20)39(29,34)35)27(33)37-14-13-36-21-9-3-18-4-12-26(32)38-25(18)15-21/h1-12,15-16H,13-14H2,(H2,29,34,35). The number of sulfonamides is 1. The van der Waals surface area contributed by atoms with Gasteiger partial charge in [0.2, 0.25) is 10.0 Å². The van der Waals surface area contributed by atoms with Gasteiger partial charge < -0.3 is 13.9 Å². The number of fused-ring (bicyclic) bond motifs is 1. The largest absolute Gasteiger partial charge is 0.490 e. The van der Waals surface area contributed by atoms with Gasteiger partial charge in [0, 0.05) is 28.1 Å². The molecule has 2 aromatic heterocycles. The molecule has 39 heavy (non-hydrogen) atoms. The highest BCUT2D eigenvalue weighted by Crippen LogP contribution is 2.26. The van der Waals surface area contributed by atoms with Gasteiger partial charge in [-0.3, -0.25) is 0 Å². The van der Waals surface area contributed by atoms with Crippen LogP contribution >= 0.6 is 11.6 Å². The first kappa shape index (κ1) is 26.2. The lowest BCUT2D eigenvalue weighted by Gasteiger charge is -2.08. The first-order valence-corrected chi connectivity index (χ1v) is 13.4. The second-order valence-corrected chi connectivity index (χ2v) is 10.3. The van der Waals surface area contributed by atoms with E-state index in [-0.39, 0.29) is 23.8 Å². The van der Waals surface area contributed by atoms with Crippen molar-refractivity contribution in [3.63, 3.8) is 0 Å². The predicted molar refractivity (Wildman–Crippen MR) is 144 cm³/mol. The van der Waals surface area contributed by atoms with Gasteiger partial charge in [0.05, 0.1) is 16.3 Å². The van der Waals surface area contributed by atoms with Crippen LogP contribution in [0, 0.1) is 0 Å². The molecule has 10 nitrogen and oxygen atoms in total. The summed E-state index contributed by atoms with van der Waals surface area (Å²) in [6.45, 7) is -0.0180. The van der Waals surface area contributed by atoms with Gasteiger partial charge in [-0.25, -0.2) is 27.8 Å². The normalized spacial score (nSPS) is 11.4. The lowest BCUT2D eigenvalue weighted by molar-refractivity contribution is 0.0443. The topological polar surface area (TPSA) is 144 Å². The van der Waals surface area contributed by atoms with Crippen LogP contribution in [0.1, 0.15) is 10.5 Å². The van der Waals surface area contributed by atoms with Crippen LogP contribution in [0.3, 0.4) is 0 Å². The Balaban J connectivity index is 1.32. The highest BCUT2D eigenvalue weighted by molar-refractivity contribution is 7.89. The molecular weight excluding hydrogens is 546 g/mol. The summed E-state index contributed by atoms with van der Waals surface area (Å²) in [6.07, 6.45) is 0. The van der Waals surface area contributed by atoms with Crippen molar-refractivity contribution < 1.29 is 27.1 Å². The predicted octanol–water partition coefficient (Wildman–Crippen LogP) is 4.18. The molecule has 0 unspecified atom stereocenters. The third-order valence-electron chi connectivity index (χ3n) is 5.65. The number of rotatable bonds is 8. The zero-order valence-electron chi connectivity index (χ0n) is 20.1. The van der Waals surface area contributed by atoms with Crippen LogP contribution in [0.4, 0.5) is 0 Å². The zero-order valence-corrected chi connectivity index (χ0v) is 21.7. The minimum absolute atomic E-state index is 0.0305. The molecule has 2 N–H and O–H groups in total. The van der Waals surface area contributed by atoms with Crippen LogP contribution in [0.5, 0.6) is 5.75 Å². The maximum absolute atomic E-state index is 12.8. The van der Waals surface area contributed by atoms with Crippen molar-refractivity contribution in [3.05, 3.63) is 106 Å². The lowest BCUT2D eigenvalue weighted by atomic mass is 10.1. The van der Waals surface area contributed by atoms with Crippen LogP contribution < -0.4 is 15.5 Å². The average molecular weight is 566 g/mol. The Labute approximate surface area is 227 Å². The summed E-state index contributed by atoms with van der Waals surface area (Å²) in [5.41, 5.74) is 1.71. The fraction of sp³-hybridized carbons (Fsp3) is 0.0741. The van der Waals surface area contributed by atoms with E-state index in [9.17, 15) is 18.0 Å². The Kier molecular flexibility index (Phi) is 7.20. The summed E-state index contributed by atoms with van der Waals surface area (Å²) in [6, 6.07) is 22.3. The first-order valence-electron chi connectivity index (χ1n) is 11.5. The number of nitrogens with two attached hydrogens (primary N) is 1. The van der Waals surface area contributed by atoms with Gasteiger partial charge in [-0.05, 0) is 60.7 Å². The number of halogens is 1. The smallest absolute Gasteiger partial charge is 0.358 e. The van der Waals surface area contributed by atoms with E-state index in [0.717, 1.165) is 5.39 Å². The fourth-order valence-electron chi connectivity index (χ4n) is 3.78. The molecule has 0 amide bonds. The van der Waals surface area contributed by atoms with E-state index in [1.54, 1.807) is 54.6 Å². The molecule has 0 aliphatic heterocycles. The number of carbonyl (C=O) groups excluding carboxylic acids is 1. The molecule has 5 aromatic rings. The third-order valence-corrected chi connectivity index (χ3v) is 6.83. The van der Waals surface area contributed by atoms with E-state index in [1.807, 2.05) is 0 Å². The highest BCUT2D eigenvalue weighted by Gasteiger charge is 2.19. The van der Waals surface area contributed by atoms with Gasteiger partial charge in [-0.2, -0.15) is 5.10 Å². The molecule has 0 fully saturated rings. The minimum atomic E-state index is -3.87. The average Bonchev–Trinajstić information content (AvgIpc) is 3.36. The summed E-state index contributed by atoms with van der Waals surface area (Å²) in [5, 5.41) is 10.9. The zero-order chi connectivity index (χ0) is 27.6. The molecule has 0 radical (unpaired) electrons. The van der Waals surface area contributed by atoms with E-state index in [2.05, 4.69) is 5.10 Å². The van der Waals surface area contributed by atoms with Crippen LogP contribution in [0.25, 0.3) is 27.9 Å². The molecule has 2 heterocycles. The molecule has 5 rings (SSSR count). The number of aromatic nitrogens is 2. The quantitative estimate of drug-likeness (QED) is 0.168. The number of benzene rings is 3. The Bertz CT molecular complexity index is 1830. The molecule has 0 bridgehead atoms. The number of hydrogen-bond donors (Lipinski definition) is 1. The number of carbonyl (C=O) groups is 1.